The van der Waals surface area contributed by atoms with E-state index in [0.29, 0.717) is 30.8 Å². The molecule has 1 aliphatic heterocycles. The lowest BCUT2D eigenvalue weighted by Gasteiger charge is -2.29. The highest BCUT2D eigenvalue weighted by Gasteiger charge is 2.36. The highest BCUT2D eigenvalue weighted by atomic mass is 32.2. The molecule has 0 spiro atoms. The van der Waals surface area contributed by atoms with E-state index in [9.17, 15) is 16.8 Å². The first kappa shape index (κ1) is 14.6. The molecule has 1 N–H and O–H groups in total. The minimum Gasteiger partial charge on any atom is -0.283 e. The van der Waals surface area contributed by atoms with Gasteiger partial charge in [0, 0.05) is 6.54 Å². The van der Waals surface area contributed by atoms with E-state index in [1.54, 1.807) is 18.2 Å². The van der Waals surface area contributed by atoms with E-state index in [0.717, 1.165) is 18.4 Å². The molecule has 0 unspecified atom stereocenters. The second-order valence-corrected chi connectivity index (χ2v) is 9.50. The van der Waals surface area contributed by atoms with Gasteiger partial charge in [-0.3, -0.25) is 9.03 Å². The molecule has 2 aliphatic rings. The first-order chi connectivity index (χ1) is 9.77. The molecule has 1 fully saturated rings. The molecule has 6 nitrogen and oxygen atoms in total. The van der Waals surface area contributed by atoms with Crippen molar-refractivity contribution < 1.29 is 16.8 Å². The van der Waals surface area contributed by atoms with E-state index >= 15 is 0 Å². The van der Waals surface area contributed by atoms with Gasteiger partial charge in [-0.1, -0.05) is 6.07 Å². The van der Waals surface area contributed by atoms with Crippen molar-refractivity contribution >= 4 is 31.4 Å². The monoisotopic (exact) mass is 330 g/mol. The van der Waals surface area contributed by atoms with Crippen LogP contribution >= 0.6 is 0 Å². The predicted molar refractivity (Wildman–Crippen MR) is 82.5 cm³/mol. The Morgan fingerprint density at radius 2 is 1.90 bits per heavy atom. The smallest absolute Gasteiger partial charge is 0.235 e. The molecule has 21 heavy (non-hydrogen) atoms. The number of sulfonamides is 2. The first-order valence-corrected chi connectivity index (χ1v) is 10.3. The van der Waals surface area contributed by atoms with Crippen LogP contribution in [0.25, 0.3) is 0 Å². The number of hydrogen-bond donors (Lipinski definition) is 1. The number of hydrogen-bond acceptors (Lipinski definition) is 4. The van der Waals surface area contributed by atoms with Gasteiger partial charge >= 0.3 is 0 Å². The molecule has 0 bridgehead atoms. The number of nitrogens with one attached hydrogen (secondary N) is 1. The van der Waals surface area contributed by atoms with Crippen LogP contribution in [0.2, 0.25) is 0 Å². The van der Waals surface area contributed by atoms with Crippen molar-refractivity contribution in [2.75, 3.05) is 21.8 Å². The van der Waals surface area contributed by atoms with Gasteiger partial charge < -0.3 is 0 Å². The molecule has 116 valence electrons. The van der Waals surface area contributed by atoms with E-state index in [1.165, 1.54) is 10.6 Å². The van der Waals surface area contributed by atoms with Crippen molar-refractivity contribution in [1.82, 2.24) is 0 Å². The third-order valence-corrected chi connectivity index (χ3v) is 6.83. The summed E-state index contributed by atoms with van der Waals surface area (Å²) in [5.74, 6) is 0. The number of aryl methyl sites for hydroxylation is 1. The number of fused-ring (bicyclic) bond motifs is 1. The van der Waals surface area contributed by atoms with Crippen molar-refractivity contribution in [3.05, 3.63) is 23.8 Å². The van der Waals surface area contributed by atoms with Crippen molar-refractivity contribution in [3.63, 3.8) is 0 Å². The summed E-state index contributed by atoms with van der Waals surface area (Å²) in [6, 6.07) is 5.12. The lowest BCUT2D eigenvalue weighted by Crippen LogP contribution is -2.34. The second-order valence-electron chi connectivity index (χ2n) is 5.63. The van der Waals surface area contributed by atoms with Gasteiger partial charge in [-0.05, 0) is 43.4 Å². The summed E-state index contributed by atoms with van der Waals surface area (Å²) in [5, 5.41) is -0.306. The van der Waals surface area contributed by atoms with E-state index in [2.05, 4.69) is 4.72 Å². The zero-order chi connectivity index (χ0) is 15.3. The third kappa shape index (κ3) is 3.01. The molecule has 0 atom stereocenters. The van der Waals surface area contributed by atoms with E-state index in [4.69, 9.17) is 0 Å². The normalized spacial score (nSPS) is 19.2. The quantitative estimate of drug-likeness (QED) is 0.902. The van der Waals surface area contributed by atoms with E-state index < -0.39 is 20.0 Å². The fraction of sp³-hybridized carbons (Fsp3) is 0.538. The van der Waals surface area contributed by atoms with E-state index in [1.807, 2.05) is 0 Å². The standard InChI is InChI=1S/C13H18N2O4S2/c1-20(16,17)15-8-2-3-10-4-5-11(9-13(10)15)14-21(18,19)12-6-7-12/h4-5,9,12,14H,2-3,6-8H2,1H3. The Kier molecular flexibility index (Phi) is 3.40. The van der Waals surface area contributed by atoms with E-state index in [-0.39, 0.29) is 5.25 Å². The zero-order valence-electron chi connectivity index (χ0n) is 11.7. The number of rotatable bonds is 4. The molecule has 0 amide bonds. The SMILES string of the molecule is CS(=O)(=O)N1CCCc2ccc(NS(=O)(=O)C3CC3)cc21. The Balaban J connectivity index is 1.96. The van der Waals surface area contributed by atoms with Crippen LogP contribution in [0.3, 0.4) is 0 Å². The maximum absolute atomic E-state index is 12.0. The van der Waals surface area contributed by atoms with Gasteiger partial charge in [-0.25, -0.2) is 16.8 Å². The van der Waals surface area contributed by atoms with Crippen LogP contribution < -0.4 is 9.03 Å². The van der Waals surface area contributed by atoms with Gasteiger partial charge in [-0.15, -0.1) is 0 Å². The lowest BCUT2D eigenvalue weighted by molar-refractivity contribution is 0.592. The molecule has 3 rings (SSSR count). The molecule has 1 saturated carbocycles. The van der Waals surface area contributed by atoms with Gasteiger partial charge in [0.1, 0.15) is 0 Å². The second kappa shape index (κ2) is 4.88. The predicted octanol–water partition coefficient (Wildman–Crippen LogP) is 1.30. The summed E-state index contributed by atoms with van der Waals surface area (Å²) in [4.78, 5) is 0. The molecule has 0 radical (unpaired) electrons. The summed E-state index contributed by atoms with van der Waals surface area (Å²) in [7, 11) is -6.69. The van der Waals surface area contributed by atoms with Crippen LogP contribution in [-0.4, -0.2) is 34.9 Å². The summed E-state index contributed by atoms with van der Waals surface area (Å²) in [6.07, 6.45) is 4.12. The van der Waals surface area contributed by atoms with Crippen molar-refractivity contribution in [2.45, 2.75) is 30.9 Å². The van der Waals surface area contributed by atoms with Crippen LogP contribution in [0.1, 0.15) is 24.8 Å². The maximum atomic E-state index is 12.0. The van der Waals surface area contributed by atoms with Gasteiger partial charge in [-0.2, -0.15) is 0 Å². The Hall–Kier alpha value is -1.28. The number of nitrogens with zero attached hydrogens (tertiary/aromatic N) is 1. The highest BCUT2D eigenvalue weighted by Crippen LogP contribution is 2.34. The van der Waals surface area contributed by atoms with Gasteiger partial charge in [0.05, 0.1) is 22.9 Å². The fourth-order valence-corrected chi connectivity index (χ4v) is 4.94. The molecule has 1 aromatic rings. The lowest BCUT2D eigenvalue weighted by atomic mass is 10.0. The number of benzene rings is 1. The Bertz CT molecular complexity index is 767. The summed E-state index contributed by atoms with van der Waals surface area (Å²) in [6.45, 7) is 0.435. The molecular weight excluding hydrogens is 312 g/mol. The Morgan fingerprint density at radius 1 is 1.19 bits per heavy atom. The van der Waals surface area contributed by atoms with Crippen molar-refractivity contribution in [2.24, 2.45) is 0 Å². The van der Waals surface area contributed by atoms with Crippen LogP contribution in [0.15, 0.2) is 18.2 Å². The highest BCUT2D eigenvalue weighted by molar-refractivity contribution is 7.93. The number of anilines is 2. The topological polar surface area (TPSA) is 83.6 Å². The largest absolute Gasteiger partial charge is 0.283 e. The van der Waals surface area contributed by atoms with Crippen molar-refractivity contribution in [1.29, 1.82) is 0 Å². The Labute approximate surface area is 125 Å². The molecule has 1 aromatic carbocycles. The molecule has 0 aromatic heterocycles. The molecule has 1 heterocycles. The van der Waals surface area contributed by atoms with Gasteiger partial charge in [0.25, 0.3) is 0 Å². The fourth-order valence-electron chi connectivity index (χ4n) is 2.57. The maximum Gasteiger partial charge on any atom is 0.235 e. The average Bonchev–Trinajstić information content (AvgIpc) is 3.20. The third-order valence-electron chi connectivity index (χ3n) is 3.78. The summed E-state index contributed by atoms with van der Waals surface area (Å²) >= 11 is 0. The first-order valence-electron chi connectivity index (χ1n) is 6.90. The van der Waals surface area contributed by atoms with Crippen LogP contribution in [0.4, 0.5) is 11.4 Å². The summed E-state index contributed by atoms with van der Waals surface area (Å²) in [5.41, 5.74) is 1.94. The molecule has 8 heteroatoms. The molecule has 1 aliphatic carbocycles. The minimum absolute atomic E-state index is 0.306. The zero-order valence-corrected chi connectivity index (χ0v) is 13.4. The minimum atomic E-state index is -3.35. The van der Waals surface area contributed by atoms with Crippen LogP contribution in [0.5, 0.6) is 0 Å². The van der Waals surface area contributed by atoms with Crippen LogP contribution in [-0.2, 0) is 26.5 Å². The van der Waals surface area contributed by atoms with Gasteiger partial charge in [0.15, 0.2) is 0 Å². The molecular formula is C13H18N2O4S2. The summed E-state index contributed by atoms with van der Waals surface area (Å²) < 4.78 is 51.5. The Morgan fingerprint density at radius 3 is 2.52 bits per heavy atom. The molecule has 0 saturated heterocycles. The van der Waals surface area contributed by atoms with Crippen molar-refractivity contribution in [3.8, 4) is 0 Å². The average molecular weight is 330 g/mol. The van der Waals surface area contributed by atoms with Gasteiger partial charge in [0.2, 0.25) is 20.0 Å². The van der Waals surface area contributed by atoms with Crippen LogP contribution in [0, 0.1) is 0 Å².